The average Bonchev–Trinajstić information content (AvgIpc) is 2.72. The fourth-order valence-corrected chi connectivity index (χ4v) is 4.69. The molecular formula is C24H21N3O3. The van der Waals surface area contributed by atoms with E-state index >= 15 is 0 Å². The van der Waals surface area contributed by atoms with Gasteiger partial charge in [0.05, 0.1) is 5.69 Å². The molecule has 1 fully saturated rings. The standard InChI is InChI=1S/C24H21N3O3/c1-15-10-11-19-17(12-15)13-24(14-26(19)2)21(28)25-23(30)27(22(24)29)20-9-5-7-16-6-3-4-8-18(16)20/h3-12H,13-14H2,1-2H3,(H,25,28,30)/t24-/m0/s1. The van der Waals surface area contributed by atoms with E-state index in [0.717, 1.165) is 32.5 Å². The Morgan fingerprint density at radius 3 is 2.53 bits per heavy atom. The van der Waals surface area contributed by atoms with Crippen LogP contribution in [0.5, 0.6) is 0 Å². The largest absolute Gasteiger partial charge is 0.373 e. The van der Waals surface area contributed by atoms with E-state index in [4.69, 9.17) is 0 Å². The Bertz CT molecular complexity index is 1230. The third-order valence-electron chi connectivity index (χ3n) is 6.12. The molecule has 3 aromatic rings. The Labute approximate surface area is 174 Å². The third-order valence-corrected chi connectivity index (χ3v) is 6.12. The number of carbonyl (C=O) groups is 3. The minimum absolute atomic E-state index is 0.211. The number of hydrogen-bond donors (Lipinski definition) is 1. The highest BCUT2D eigenvalue weighted by molar-refractivity contribution is 6.32. The summed E-state index contributed by atoms with van der Waals surface area (Å²) in [7, 11) is 1.87. The number of nitrogens with zero attached hydrogens (tertiary/aromatic N) is 2. The number of amides is 4. The summed E-state index contributed by atoms with van der Waals surface area (Å²) in [5.74, 6) is -1.01. The van der Waals surface area contributed by atoms with Crippen LogP contribution in [-0.2, 0) is 16.0 Å². The van der Waals surface area contributed by atoms with Crippen molar-refractivity contribution in [3.8, 4) is 0 Å². The first-order valence-electron chi connectivity index (χ1n) is 9.89. The molecule has 0 unspecified atom stereocenters. The van der Waals surface area contributed by atoms with Gasteiger partial charge >= 0.3 is 6.03 Å². The molecule has 1 spiro atoms. The summed E-state index contributed by atoms with van der Waals surface area (Å²) in [5, 5.41) is 4.16. The predicted molar refractivity (Wildman–Crippen MR) is 116 cm³/mol. The maximum Gasteiger partial charge on any atom is 0.335 e. The highest BCUT2D eigenvalue weighted by Crippen LogP contribution is 2.41. The van der Waals surface area contributed by atoms with Crippen molar-refractivity contribution in [1.29, 1.82) is 0 Å². The zero-order valence-corrected chi connectivity index (χ0v) is 16.8. The quantitative estimate of drug-likeness (QED) is 0.637. The van der Waals surface area contributed by atoms with Gasteiger partial charge in [-0.2, -0.15) is 0 Å². The molecule has 3 aromatic carbocycles. The zero-order valence-electron chi connectivity index (χ0n) is 16.8. The van der Waals surface area contributed by atoms with Gasteiger partial charge in [-0.15, -0.1) is 0 Å². The van der Waals surface area contributed by atoms with Crippen LogP contribution in [0.15, 0.2) is 60.7 Å². The maximum absolute atomic E-state index is 13.8. The lowest BCUT2D eigenvalue weighted by Crippen LogP contribution is -2.68. The number of carbonyl (C=O) groups excluding carboxylic acids is 3. The van der Waals surface area contributed by atoms with Crippen molar-refractivity contribution in [3.05, 3.63) is 71.8 Å². The number of nitrogens with one attached hydrogen (secondary N) is 1. The first-order chi connectivity index (χ1) is 14.4. The molecule has 1 N–H and O–H groups in total. The molecule has 0 radical (unpaired) electrons. The lowest BCUT2D eigenvalue weighted by Gasteiger charge is -2.45. The normalized spacial score (nSPS) is 21.2. The molecule has 0 aromatic heterocycles. The van der Waals surface area contributed by atoms with Gasteiger partial charge in [-0.1, -0.05) is 54.1 Å². The van der Waals surface area contributed by atoms with Crippen LogP contribution in [-0.4, -0.2) is 31.4 Å². The molecule has 150 valence electrons. The van der Waals surface area contributed by atoms with E-state index in [1.54, 1.807) is 6.07 Å². The molecule has 2 aliphatic rings. The molecule has 1 atom stereocenters. The summed E-state index contributed by atoms with van der Waals surface area (Å²) < 4.78 is 0. The van der Waals surface area contributed by atoms with E-state index in [9.17, 15) is 14.4 Å². The second-order valence-corrected chi connectivity index (χ2v) is 8.15. The lowest BCUT2D eigenvalue weighted by atomic mass is 9.74. The van der Waals surface area contributed by atoms with Gasteiger partial charge in [0.25, 0.3) is 5.91 Å². The second-order valence-electron chi connectivity index (χ2n) is 8.15. The Kier molecular flexibility index (Phi) is 3.93. The van der Waals surface area contributed by atoms with E-state index in [1.165, 1.54) is 0 Å². The van der Waals surface area contributed by atoms with Crippen LogP contribution in [0.2, 0.25) is 0 Å². The monoisotopic (exact) mass is 399 g/mol. The number of hydrogen-bond acceptors (Lipinski definition) is 4. The van der Waals surface area contributed by atoms with Crippen LogP contribution in [0.25, 0.3) is 10.8 Å². The van der Waals surface area contributed by atoms with Crippen LogP contribution in [0, 0.1) is 12.3 Å². The van der Waals surface area contributed by atoms with Gasteiger partial charge in [0.15, 0.2) is 5.41 Å². The number of rotatable bonds is 1. The molecular weight excluding hydrogens is 378 g/mol. The number of benzene rings is 3. The molecule has 6 nitrogen and oxygen atoms in total. The molecule has 6 heteroatoms. The third kappa shape index (κ3) is 2.53. The predicted octanol–water partition coefficient (Wildman–Crippen LogP) is 3.41. The van der Waals surface area contributed by atoms with Crippen LogP contribution >= 0.6 is 0 Å². The SMILES string of the molecule is Cc1ccc2c(c1)C[C@]1(CN2C)C(=O)NC(=O)N(c2cccc3ccccc23)C1=O. The number of imide groups is 2. The van der Waals surface area contributed by atoms with Crippen LogP contribution in [0.1, 0.15) is 11.1 Å². The minimum atomic E-state index is -1.36. The lowest BCUT2D eigenvalue weighted by molar-refractivity contribution is -0.142. The Morgan fingerprint density at radius 2 is 1.70 bits per heavy atom. The summed E-state index contributed by atoms with van der Waals surface area (Å²) in [6, 6.07) is 18.4. The van der Waals surface area contributed by atoms with Gasteiger partial charge in [0, 0.05) is 24.7 Å². The van der Waals surface area contributed by atoms with Gasteiger partial charge in [-0.25, -0.2) is 9.69 Å². The summed E-state index contributed by atoms with van der Waals surface area (Å²) in [4.78, 5) is 42.8. The van der Waals surface area contributed by atoms with Crippen LogP contribution in [0.3, 0.4) is 0 Å². The first-order valence-corrected chi connectivity index (χ1v) is 9.89. The fraction of sp³-hybridized carbons (Fsp3) is 0.208. The van der Waals surface area contributed by atoms with Gasteiger partial charge in [-0.3, -0.25) is 14.9 Å². The number of aryl methyl sites for hydroxylation is 1. The molecule has 5 rings (SSSR count). The van der Waals surface area contributed by atoms with E-state index in [1.807, 2.05) is 73.5 Å². The van der Waals surface area contributed by atoms with E-state index in [0.29, 0.717) is 5.69 Å². The first kappa shape index (κ1) is 18.4. The van der Waals surface area contributed by atoms with Gasteiger partial charge in [0.2, 0.25) is 5.91 Å². The van der Waals surface area contributed by atoms with Gasteiger partial charge in [-0.05, 0) is 36.4 Å². The molecule has 2 heterocycles. The van der Waals surface area contributed by atoms with Crippen molar-refractivity contribution < 1.29 is 14.4 Å². The molecule has 1 saturated heterocycles. The highest BCUT2D eigenvalue weighted by Gasteiger charge is 2.56. The van der Waals surface area contributed by atoms with Crippen molar-refractivity contribution in [1.82, 2.24) is 5.32 Å². The number of fused-ring (bicyclic) bond motifs is 2. The number of anilines is 2. The maximum atomic E-state index is 13.8. The molecule has 0 saturated carbocycles. The Morgan fingerprint density at radius 1 is 0.933 bits per heavy atom. The molecule has 0 aliphatic carbocycles. The van der Waals surface area contributed by atoms with Crippen molar-refractivity contribution in [2.75, 3.05) is 23.4 Å². The van der Waals surface area contributed by atoms with Crippen LogP contribution in [0.4, 0.5) is 16.2 Å². The summed E-state index contributed by atoms with van der Waals surface area (Å²) >= 11 is 0. The summed E-state index contributed by atoms with van der Waals surface area (Å²) in [5.41, 5.74) is 2.12. The van der Waals surface area contributed by atoms with Crippen molar-refractivity contribution >= 4 is 40.0 Å². The van der Waals surface area contributed by atoms with Gasteiger partial charge < -0.3 is 4.90 Å². The van der Waals surface area contributed by atoms with E-state index < -0.39 is 23.3 Å². The van der Waals surface area contributed by atoms with Crippen molar-refractivity contribution in [2.45, 2.75) is 13.3 Å². The van der Waals surface area contributed by atoms with Gasteiger partial charge in [0.1, 0.15) is 0 Å². The van der Waals surface area contributed by atoms with Crippen molar-refractivity contribution in [2.24, 2.45) is 5.41 Å². The smallest absolute Gasteiger partial charge is 0.335 e. The second kappa shape index (κ2) is 6.42. The Balaban J connectivity index is 1.65. The van der Waals surface area contributed by atoms with E-state index in [2.05, 4.69) is 5.32 Å². The molecule has 2 aliphatic heterocycles. The molecule has 4 amide bonds. The number of barbiturate groups is 1. The highest BCUT2D eigenvalue weighted by atomic mass is 16.2. The zero-order chi connectivity index (χ0) is 21.0. The van der Waals surface area contributed by atoms with Crippen molar-refractivity contribution in [3.63, 3.8) is 0 Å². The Hall–Kier alpha value is -3.67. The number of urea groups is 1. The fourth-order valence-electron chi connectivity index (χ4n) is 4.69. The minimum Gasteiger partial charge on any atom is -0.373 e. The molecule has 30 heavy (non-hydrogen) atoms. The average molecular weight is 399 g/mol. The topological polar surface area (TPSA) is 69.7 Å². The van der Waals surface area contributed by atoms with E-state index in [-0.39, 0.29) is 13.0 Å². The molecule has 0 bridgehead atoms. The summed E-state index contributed by atoms with van der Waals surface area (Å²) in [6.07, 6.45) is 0.258. The summed E-state index contributed by atoms with van der Waals surface area (Å²) in [6.45, 7) is 2.19. The van der Waals surface area contributed by atoms with Crippen LogP contribution < -0.4 is 15.1 Å².